The summed E-state index contributed by atoms with van der Waals surface area (Å²) in [7, 11) is 0. The van der Waals surface area contributed by atoms with Crippen LogP contribution >= 0.6 is 0 Å². The molecule has 6 nitrogen and oxygen atoms in total. The smallest absolute Gasteiger partial charge is 0.271 e. The molecule has 27 heavy (non-hydrogen) atoms. The van der Waals surface area contributed by atoms with Gasteiger partial charge in [-0.05, 0) is 49.7 Å². The summed E-state index contributed by atoms with van der Waals surface area (Å²) in [5.74, 6) is 0.985. The van der Waals surface area contributed by atoms with Crippen molar-refractivity contribution >= 4 is 22.8 Å². The molecule has 2 heterocycles. The summed E-state index contributed by atoms with van der Waals surface area (Å²) in [6.07, 6.45) is 7.19. The van der Waals surface area contributed by atoms with Gasteiger partial charge in [-0.2, -0.15) is 0 Å². The molecular formula is C21H26N4O2. The Hall–Kier alpha value is -2.50. The Labute approximate surface area is 159 Å². The van der Waals surface area contributed by atoms with Crippen molar-refractivity contribution in [1.29, 1.82) is 0 Å². The molecule has 1 aromatic carbocycles. The van der Waals surface area contributed by atoms with Crippen LogP contribution in [0.15, 0.2) is 30.5 Å². The van der Waals surface area contributed by atoms with E-state index in [4.69, 9.17) is 0 Å². The van der Waals surface area contributed by atoms with Crippen LogP contribution < -0.4 is 10.6 Å². The average molecular weight is 366 g/mol. The van der Waals surface area contributed by atoms with Gasteiger partial charge >= 0.3 is 0 Å². The summed E-state index contributed by atoms with van der Waals surface area (Å²) in [6, 6.07) is 7.76. The van der Waals surface area contributed by atoms with Crippen LogP contribution in [-0.2, 0) is 4.79 Å². The SMILES string of the molecule is CCCC1CC(=O)NC2CC(NC(=O)c3cnc4ccccc4n3)CCC12. The van der Waals surface area contributed by atoms with Crippen LogP contribution in [0.5, 0.6) is 0 Å². The molecule has 0 radical (unpaired) electrons. The molecule has 1 aliphatic carbocycles. The van der Waals surface area contributed by atoms with Crippen molar-refractivity contribution in [3.8, 4) is 0 Å². The minimum Gasteiger partial charge on any atom is -0.353 e. The summed E-state index contributed by atoms with van der Waals surface area (Å²) in [6.45, 7) is 2.18. The largest absolute Gasteiger partial charge is 0.353 e. The van der Waals surface area contributed by atoms with Gasteiger partial charge in [-0.3, -0.25) is 14.6 Å². The number of benzene rings is 1. The van der Waals surface area contributed by atoms with Crippen molar-refractivity contribution in [2.75, 3.05) is 0 Å². The van der Waals surface area contributed by atoms with E-state index in [0.717, 1.165) is 43.1 Å². The van der Waals surface area contributed by atoms with E-state index in [0.29, 0.717) is 24.0 Å². The van der Waals surface area contributed by atoms with Gasteiger partial charge in [-0.1, -0.05) is 25.5 Å². The zero-order valence-electron chi connectivity index (χ0n) is 15.6. The lowest BCUT2D eigenvalue weighted by Gasteiger charge is -2.44. The molecule has 2 aliphatic rings. The highest BCUT2D eigenvalue weighted by atomic mass is 16.2. The molecule has 1 saturated heterocycles. The maximum atomic E-state index is 12.6. The first-order valence-corrected chi connectivity index (χ1v) is 9.96. The lowest BCUT2D eigenvalue weighted by Crippen LogP contribution is -2.55. The Kier molecular flexibility index (Phi) is 5.05. The molecule has 0 bridgehead atoms. The van der Waals surface area contributed by atoms with Crippen LogP contribution in [0.25, 0.3) is 11.0 Å². The van der Waals surface area contributed by atoms with Crippen LogP contribution in [0.1, 0.15) is 55.9 Å². The number of rotatable bonds is 4. The molecule has 6 heteroatoms. The van der Waals surface area contributed by atoms with E-state index in [9.17, 15) is 9.59 Å². The van der Waals surface area contributed by atoms with Crippen molar-refractivity contribution in [3.05, 3.63) is 36.2 Å². The Morgan fingerprint density at radius 1 is 1.26 bits per heavy atom. The van der Waals surface area contributed by atoms with Crippen molar-refractivity contribution in [3.63, 3.8) is 0 Å². The predicted octanol–water partition coefficient (Wildman–Crippen LogP) is 2.83. The van der Waals surface area contributed by atoms with E-state index in [1.54, 1.807) is 0 Å². The van der Waals surface area contributed by atoms with Crippen LogP contribution in [0.2, 0.25) is 0 Å². The van der Waals surface area contributed by atoms with Crippen molar-refractivity contribution in [1.82, 2.24) is 20.6 Å². The first kappa shape index (κ1) is 17.9. The predicted molar refractivity (Wildman–Crippen MR) is 103 cm³/mol. The zero-order valence-corrected chi connectivity index (χ0v) is 15.6. The summed E-state index contributed by atoms with van der Waals surface area (Å²) >= 11 is 0. The van der Waals surface area contributed by atoms with Gasteiger partial charge in [0.15, 0.2) is 0 Å². The highest BCUT2D eigenvalue weighted by Crippen LogP contribution is 2.37. The number of nitrogens with zero attached hydrogens (tertiary/aromatic N) is 2. The number of hydrogen-bond acceptors (Lipinski definition) is 4. The first-order valence-electron chi connectivity index (χ1n) is 9.96. The number of piperidine rings is 1. The van der Waals surface area contributed by atoms with Crippen LogP contribution in [0.4, 0.5) is 0 Å². The van der Waals surface area contributed by atoms with Crippen LogP contribution in [0, 0.1) is 11.8 Å². The second kappa shape index (κ2) is 7.62. The number of carbonyl (C=O) groups excluding carboxylic acids is 2. The highest BCUT2D eigenvalue weighted by Gasteiger charge is 2.40. The molecular weight excluding hydrogens is 340 g/mol. The number of hydrogen-bond donors (Lipinski definition) is 2. The van der Waals surface area contributed by atoms with E-state index in [1.165, 1.54) is 6.20 Å². The fourth-order valence-corrected chi connectivity index (χ4v) is 4.72. The minimum absolute atomic E-state index is 0.0627. The first-order chi connectivity index (χ1) is 13.1. The maximum Gasteiger partial charge on any atom is 0.271 e. The minimum atomic E-state index is -0.191. The molecule has 2 amide bonds. The van der Waals surface area contributed by atoms with Gasteiger partial charge in [0, 0.05) is 18.5 Å². The lowest BCUT2D eigenvalue weighted by molar-refractivity contribution is -0.127. The molecule has 1 saturated carbocycles. The Bertz CT molecular complexity index is 853. The maximum absolute atomic E-state index is 12.6. The third-order valence-electron chi connectivity index (χ3n) is 5.98. The second-order valence-corrected chi connectivity index (χ2v) is 7.82. The molecule has 1 aliphatic heterocycles. The molecule has 2 N–H and O–H groups in total. The number of aromatic nitrogens is 2. The van der Waals surface area contributed by atoms with Gasteiger partial charge in [0.05, 0.1) is 17.2 Å². The summed E-state index contributed by atoms with van der Waals surface area (Å²) in [5, 5.41) is 6.26. The molecule has 142 valence electrons. The summed E-state index contributed by atoms with van der Waals surface area (Å²) < 4.78 is 0. The normalized spacial score (nSPS) is 27.7. The van der Waals surface area contributed by atoms with E-state index in [1.807, 2.05) is 24.3 Å². The Balaban J connectivity index is 1.42. The van der Waals surface area contributed by atoms with Crippen LogP contribution in [0.3, 0.4) is 0 Å². The molecule has 4 atom stereocenters. The van der Waals surface area contributed by atoms with Crippen molar-refractivity contribution < 1.29 is 9.59 Å². The van der Waals surface area contributed by atoms with E-state index in [-0.39, 0.29) is 23.9 Å². The van der Waals surface area contributed by atoms with Gasteiger partial charge < -0.3 is 10.6 Å². The number of fused-ring (bicyclic) bond motifs is 2. The van der Waals surface area contributed by atoms with Crippen molar-refractivity contribution in [2.45, 2.75) is 57.5 Å². The molecule has 4 unspecified atom stereocenters. The zero-order chi connectivity index (χ0) is 18.8. The van der Waals surface area contributed by atoms with Gasteiger partial charge in [-0.15, -0.1) is 0 Å². The quantitative estimate of drug-likeness (QED) is 0.871. The van der Waals surface area contributed by atoms with Gasteiger partial charge in [-0.25, -0.2) is 4.98 Å². The topological polar surface area (TPSA) is 84.0 Å². The standard InChI is InChI=1S/C21H26N4O2/c1-2-5-13-10-20(26)25-18-11-14(8-9-15(13)18)23-21(27)19-12-22-16-6-3-4-7-17(16)24-19/h3-4,6-7,12-15,18H,2,5,8-11H2,1H3,(H,23,27)(H,25,26). The van der Waals surface area contributed by atoms with Crippen molar-refractivity contribution in [2.24, 2.45) is 11.8 Å². The highest BCUT2D eigenvalue weighted by molar-refractivity contribution is 5.94. The fraction of sp³-hybridized carbons (Fsp3) is 0.524. The number of carbonyl (C=O) groups is 2. The molecule has 0 spiro atoms. The summed E-state index contributed by atoms with van der Waals surface area (Å²) in [5.41, 5.74) is 1.84. The molecule has 2 aromatic rings. The van der Waals surface area contributed by atoms with E-state index in [2.05, 4.69) is 27.5 Å². The Morgan fingerprint density at radius 3 is 2.89 bits per heavy atom. The molecule has 4 rings (SSSR count). The third kappa shape index (κ3) is 3.80. The van der Waals surface area contributed by atoms with Crippen LogP contribution in [-0.4, -0.2) is 33.9 Å². The number of nitrogens with one attached hydrogen (secondary N) is 2. The average Bonchev–Trinajstić information content (AvgIpc) is 2.67. The van der Waals surface area contributed by atoms with Gasteiger partial charge in [0.25, 0.3) is 5.91 Å². The molecule has 1 aromatic heterocycles. The second-order valence-electron chi connectivity index (χ2n) is 7.82. The molecule has 2 fully saturated rings. The summed E-state index contributed by atoms with van der Waals surface area (Å²) in [4.78, 5) is 33.5. The van der Waals surface area contributed by atoms with E-state index >= 15 is 0 Å². The van der Waals surface area contributed by atoms with E-state index < -0.39 is 0 Å². The third-order valence-corrected chi connectivity index (χ3v) is 5.98. The van der Waals surface area contributed by atoms with Gasteiger partial charge in [0.2, 0.25) is 5.91 Å². The number of amides is 2. The van der Waals surface area contributed by atoms with Gasteiger partial charge in [0.1, 0.15) is 5.69 Å². The number of para-hydroxylation sites is 2. The monoisotopic (exact) mass is 366 g/mol. The fourth-order valence-electron chi connectivity index (χ4n) is 4.72. The Morgan fingerprint density at radius 2 is 2.07 bits per heavy atom. The lowest BCUT2D eigenvalue weighted by atomic mass is 9.70.